The lowest BCUT2D eigenvalue weighted by Gasteiger charge is -2.29. The predicted molar refractivity (Wildman–Crippen MR) is 143 cm³/mol. The highest BCUT2D eigenvalue weighted by Gasteiger charge is 2.30. The summed E-state index contributed by atoms with van der Waals surface area (Å²) in [6, 6.07) is 11.6. The van der Waals surface area contributed by atoms with Crippen LogP contribution in [0.2, 0.25) is 5.02 Å². The number of anilines is 1. The summed E-state index contributed by atoms with van der Waals surface area (Å²) in [6.07, 6.45) is -3.53. The number of alkyl halides is 3. The van der Waals surface area contributed by atoms with Gasteiger partial charge in [0, 0.05) is 30.1 Å². The second-order valence-corrected chi connectivity index (χ2v) is 8.97. The fraction of sp³-hybridized carbons (Fsp3) is 0.296. The molecule has 2 aromatic carbocycles. The van der Waals surface area contributed by atoms with Crippen LogP contribution in [0.15, 0.2) is 53.3 Å². The molecule has 1 N–H and O–H groups in total. The lowest BCUT2D eigenvalue weighted by atomic mass is 10.1. The second kappa shape index (κ2) is 12.4. The number of hydrogen-bond donors (Lipinski definition) is 1. The van der Waals surface area contributed by atoms with E-state index in [0.717, 1.165) is 17.7 Å². The van der Waals surface area contributed by atoms with E-state index in [9.17, 15) is 22.8 Å². The van der Waals surface area contributed by atoms with E-state index >= 15 is 0 Å². The average Bonchev–Trinajstić information content (AvgIpc) is 2.88. The first-order chi connectivity index (χ1) is 17.7. The molecular formula is C27H25Cl2F3N4O2. The molecule has 0 spiro atoms. The van der Waals surface area contributed by atoms with Crippen molar-refractivity contribution < 1.29 is 18.0 Å². The minimum absolute atomic E-state index is 0. The van der Waals surface area contributed by atoms with Gasteiger partial charge in [-0.3, -0.25) is 14.2 Å². The number of fused-ring (bicyclic) bond motifs is 1. The molecule has 0 saturated heterocycles. The lowest BCUT2D eigenvalue weighted by Crippen LogP contribution is -2.41. The van der Waals surface area contributed by atoms with Crippen molar-refractivity contribution in [3.05, 3.63) is 91.9 Å². The van der Waals surface area contributed by atoms with Crippen LogP contribution in [0.3, 0.4) is 0 Å². The molecule has 38 heavy (non-hydrogen) atoms. The largest absolute Gasteiger partial charge is 0.416 e. The van der Waals surface area contributed by atoms with E-state index in [1.165, 1.54) is 16.7 Å². The summed E-state index contributed by atoms with van der Waals surface area (Å²) in [5.41, 5.74) is 1.29. The molecule has 3 aromatic rings. The van der Waals surface area contributed by atoms with Crippen molar-refractivity contribution in [3.63, 3.8) is 0 Å². The van der Waals surface area contributed by atoms with Crippen molar-refractivity contribution >= 4 is 35.9 Å². The number of nitrogens with zero attached hydrogens (tertiary/aromatic N) is 3. The van der Waals surface area contributed by atoms with Crippen molar-refractivity contribution in [2.24, 2.45) is 0 Å². The molecule has 0 aliphatic carbocycles. The smallest absolute Gasteiger partial charge is 0.355 e. The number of aromatic nitrogens is 2. The van der Waals surface area contributed by atoms with Crippen LogP contribution in [0.25, 0.3) is 0 Å². The van der Waals surface area contributed by atoms with Crippen LogP contribution < -0.4 is 10.9 Å². The molecule has 200 valence electrons. The Morgan fingerprint density at radius 2 is 1.82 bits per heavy atom. The third-order valence-electron chi connectivity index (χ3n) is 6.09. The topological polar surface area (TPSA) is 67.2 Å². The Balaban J connectivity index is 0.00000400. The van der Waals surface area contributed by atoms with Crippen LogP contribution in [0.1, 0.15) is 39.7 Å². The van der Waals surface area contributed by atoms with Gasteiger partial charge < -0.3 is 10.2 Å². The van der Waals surface area contributed by atoms with Gasteiger partial charge in [0.05, 0.1) is 29.9 Å². The van der Waals surface area contributed by atoms with Gasteiger partial charge in [-0.1, -0.05) is 29.7 Å². The second-order valence-electron chi connectivity index (χ2n) is 8.53. The standard InChI is InChI=1S/C27H24ClF3N4O2.ClH/c1-2-3-15-35-25(37)22-17-34(24(36)19-6-10-21(28)11-7-19)16-13-23(22)33-26(35)32-14-12-18-4-8-20(9-5-18)27(29,30)31;/h4-11H,12-17H2,1H3,(H,32,33);1H. The molecule has 0 fully saturated rings. The fourth-order valence-electron chi connectivity index (χ4n) is 4.08. The quantitative estimate of drug-likeness (QED) is 0.417. The summed E-state index contributed by atoms with van der Waals surface area (Å²) in [4.78, 5) is 32.6. The van der Waals surface area contributed by atoms with E-state index in [0.29, 0.717) is 53.7 Å². The molecule has 4 rings (SSSR count). The summed E-state index contributed by atoms with van der Waals surface area (Å²) in [5, 5.41) is 3.67. The zero-order chi connectivity index (χ0) is 26.6. The molecule has 0 atom stereocenters. The molecule has 1 aliphatic heterocycles. The van der Waals surface area contributed by atoms with Gasteiger partial charge in [-0.25, -0.2) is 4.98 Å². The number of benzene rings is 2. The molecule has 0 bridgehead atoms. The van der Waals surface area contributed by atoms with Gasteiger partial charge in [0.2, 0.25) is 5.95 Å². The van der Waals surface area contributed by atoms with Gasteiger partial charge in [0.25, 0.3) is 11.5 Å². The van der Waals surface area contributed by atoms with E-state index < -0.39 is 11.7 Å². The van der Waals surface area contributed by atoms with E-state index in [1.54, 1.807) is 36.1 Å². The summed E-state index contributed by atoms with van der Waals surface area (Å²) in [5.74, 6) is 5.80. The lowest BCUT2D eigenvalue weighted by molar-refractivity contribution is -0.137. The molecule has 6 nitrogen and oxygen atoms in total. The number of carbonyl (C=O) groups excluding carboxylic acids is 1. The summed E-state index contributed by atoms with van der Waals surface area (Å²) in [7, 11) is 0. The molecule has 0 radical (unpaired) electrons. The van der Waals surface area contributed by atoms with Crippen molar-refractivity contribution in [3.8, 4) is 11.8 Å². The van der Waals surface area contributed by atoms with Crippen LogP contribution in [0.4, 0.5) is 19.1 Å². The van der Waals surface area contributed by atoms with Crippen LogP contribution >= 0.6 is 24.0 Å². The fourth-order valence-corrected chi connectivity index (χ4v) is 4.21. The SMILES string of the molecule is CC#CCn1c(NCCc2ccc(C(F)(F)F)cc2)nc2c(c1=O)CN(C(=O)c1ccc(Cl)cc1)CC2.Cl. The Bertz CT molecular complexity index is 1410. The first kappa shape index (κ1) is 29.1. The average molecular weight is 565 g/mol. The number of hydrogen-bond acceptors (Lipinski definition) is 4. The Morgan fingerprint density at radius 3 is 2.45 bits per heavy atom. The van der Waals surface area contributed by atoms with Crippen molar-refractivity contribution in [2.45, 2.75) is 39.0 Å². The maximum atomic E-state index is 13.4. The molecular weight excluding hydrogens is 540 g/mol. The number of rotatable bonds is 6. The maximum absolute atomic E-state index is 13.4. The molecule has 1 amide bonds. The minimum Gasteiger partial charge on any atom is -0.355 e. The molecule has 1 aliphatic rings. The first-order valence-corrected chi connectivity index (χ1v) is 12.0. The predicted octanol–water partition coefficient (Wildman–Crippen LogP) is 5.21. The monoisotopic (exact) mass is 564 g/mol. The minimum atomic E-state index is -4.38. The highest BCUT2D eigenvalue weighted by Crippen LogP contribution is 2.29. The van der Waals surface area contributed by atoms with Crippen LogP contribution in [0.5, 0.6) is 0 Å². The van der Waals surface area contributed by atoms with E-state index in [-0.39, 0.29) is 37.0 Å². The Morgan fingerprint density at radius 1 is 1.13 bits per heavy atom. The van der Waals surface area contributed by atoms with Gasteiger partial charge in [-0.15, -0.1) is 18.3 Å². The summed E-state index contributed by atoms with van der Waals surface area (Å²) in [6.45, 7) is 2.68. The Kier molecular flexibility index (Phi) is 9.47. The first-order valence-electron chi connectivity index (χ1n) is 11.6. The zero-order valence-corrected chi connectivity index (χ0v) is 22.0. The van der Waals surface area contributed by atoms with Crippen molar-refractivity contribution in [1.82, 2.24) is 14.5 Å². The number of amides is 1. The van der Waals surface area contributed by atoms with Crippen LogP contribution in [-0.2, 0) is 32.1 Å². The highest BCUT2D eigenvalue weighted by atomic mass is 35.5. The zero-order valence-electron chi connectivity index (χ0n) is 20.4. The summed E-state index contributed by atoms with van der Waals surface area (Å²) < 4.78 is 39.8. The van der Waals surface area contributed by atoms with Crippen LogP contribution in [0, 0.1) is 11.8 Å². The van der Waals surface area contributed by atoms with Gasteiger partial charge in [0.1, 0.15) is 0 Å². The maximum Gasteiger partial charge on any atom is 0.416 e. The van der Waals surface area contributed by atoms with Crippen molar-refractivity contribution in [1.29, 1.82) is 0 Å². The molecule has 1 aromatic heterocycles. The van der Waals surface area contributed by atoms with E-state index in [4.69, 9.17) is 11.6 Å². The van der Waals surface area contributed by atoms with E-state index in [2.05, 4.69) is 22.1 Å². The van der Waals surface area contributed by atoms with Crippen LogP contribution in [-0.4, -0.2) is 33.4 Å². The number of carbonyl (C=O) groups is 1. The highest BCUT2D eigenvalue weighted by molar-refractivity contribution is 6.30. The third kappa shape index (κ3) is 6.69. The Hall–Kier alpha value is -3.48. The Labute approximate surface area is 229 Å². The van der Waals surface area contributed by atoms with Gasteiger partial charge in [-0.2, -0.15) is 13.2 Å². The molecule has 0 saturated carbocycles. The van der Waals surface area contributed by atoms with Gasteiger partial charge >= 0.3 is 6.18 Å². The van der Waals surface area contributed by atoms with Crippen molar-refractivity contribution in [2.75, 3.05) is 18.4 Å². The molecule has 2 heterocycles. The molecule has 0 unspecified atom stereocenters. The normalized spacial score (nSPS) is 12.6. The number of halogens is 5. The van der Waals surface area contributed by atoms with E-state index in [1.807, 2.05) is 0 Å². The third-order valence-corrected chi connectivity index (χ3v) is 6.34. The number of nitrogens with one attached hydrogen (secondary N) is 1. The van der Waals surface area contributed by atoms with Gasteiger partial charge in [-0.05, 0) is 55.3 Å². The van der Waals surface area contributed by atoms with Gasteiger partial charge in [0.15, 0.2) is 0 Å². The molecule has 11 heteroatoms. The summed E-state index contributed by atoms with van der Waals surface area (Å²) >= 11 is 5.92.